The minimum absolute atomic E-state index is 0.177. The molecule has 3 N–H and O–H groups in total. The van der Waals surface area contributed by atoms with Gasteiger partial charge in [-0.1, -0.05) is 0 Å². The quantitative estimate of drug-likeness (QED) is 0.818. The molecule has 0 aliphatic rings. The van der Waals surface area contributed by atoms with Crippen LogP contribution in [-0.4, -0.2) is 18.4 Å². The Morgan fingerprint density at radius 1 is 1.26 bits per heavy atom. The minimum Gasteiger partial charge on any atom is -0.370 e. The van der Waals surface area contributed by atoms with Gasteiger partial charge in [0.1, 0.15) is 5.82 Å². The largest absolute Gasteiger partial charge is 0.416 e. The van der Waals surface area contributed by atoms with Gasteiger partial charge in [-0.25, -0.2) is 4.39 Å². The van der Waals surface area contributed by atoms with Crippen molar-refractivity contribution in [2.45, 2.75) is 12.6 Å². The molecule has 0 aromatic heterocycles. The van der Waals surface area contributed by atoms with Gasteiger partial charge in [0.15, 0.2) is 0 Å². The Morgan fingerprint density at radius 2 is 1.89 bits per heavy atom. The van der Waals surface area contributed by atoms with E-state index in [0.29, 0.717) is 18.2 Å². The van der Waals surface area contributed by atoms with Crippen molar-refractivity contribution in [3.63, 3.8) is 0 Å². The predicted octanol–water partition coefficient (Wildman–Crippen LogP) is 1.45. The summed E-state index contributed by atoms with van der Waals surface area (Å²) >= 11 is 0. The van der Waals surface area contributed by atoms with E-state index in [-0.39, 0.29) is 13.0 Å². The van der Waals surface area contributed by atoms with E-state index in [1.54, 1.807) is 0 Å². The van der Waals surface area contributed by atoms with Gasteiger partial charge in [0.05, 0.1) is 11.1 Å². The summed E-state index contributed by atoms with van der Waals surface area (Å²) < 4.78 is 50.5. The Bertz CT molecular complexity index is 500. The molecule has 104 valence electrons. The van der Waals surface area contributed by atoms with E-state index < -0.39 is 34.9 Å². The van der Waals surface area contributed by atoms with Gasteiger partial charge in [0.2, 0.25) is 5.91 Å². The summed E-state index contributed by atoms with van der Waals surface area (Å²) in [7, 11) is 0. The van der Waals surface area contributed by atoms with Crippen LogP contribution in [-0.2, 0) is 11.0 Å². The van der Waals surface area contributed by atoms with Crippen LogP contribution in [0.1, 0.15) is 22.3 Å². The number of hydrogen-bond donors (Lipinski definition) is 2. The lowest BCUT2D eigenvalue weighted by atomic mass is 10.1. The topological polar surface area (TPSA) is 72.2 Å². The average Bonchev–Trinajstić information content (AvgIpc) is 2.27. The maximum Gasteiger partial charge on any atom is 0.416 e. The molecule has 0 bridgehead atoms. The number of alkyl halides is 3. The van der Waals surface area contributed by atoms with Crippen molar-refractivity contribution >= 4 is 11.8 Å². The number of nitrogens with two attached hydrogens (primary N) is 1. The maximum absolute atomic E-state index is 13.3. The number of carbonyl (C=O) groups is 2. The second-order valence-electron chi connectivity index (χ2n) is 3.66. The smallest absolute Gasteiger partial charge is 0.370 e. The fourth-order valence-electron chi connectivity index (χ4n) is 1.27. The number of rotatable bonds is 4. The first-order chi connectivity index (χ1) is 8.71. The molecule has 0 aliphatic carbocycles. The van der Waals surface area contributed by atoms with Gasteiger partial charge in [0, 0.05) is 13.0 Å². The molecule has 1 aromatic carbocycles. The average molecular weight is 278 g/mol. The van der Waals surface area contributed by atoms with Crippen molar-refractivity contribution in [3.05, 3.63) is 35.1 Å². The highest BCUT2D eigenvalue weighted by Gasteiger charge is 2.31. The molecule has 0 spiro atoms. The third-order valence-corrected chi connectivity index (χ3v) is 2.20. The van der Waals surface area contributed by atoms with Crippen LogP contribution in [0.5, 0.6) is 0 Å². The highest BCUT2D eigenvalue weighted by Crippen LogP contribution is 2.30. The van der Waals surface area contributed by atoms with Crippen LogP contribution in [0.3, 0.4) is 0 Å². The second-order valence-corrected chi connectivity index (χ2v) is 3.66. The SMILES string of the molecule is NC(=O)CCNC(=O)c1cc(C(F)(F)F)ccc1F. The van der Waals surface area contributed by atoms with Gasteiger partial charge in [-0.05, 0) is 18.2 Å². The first-order valence-corrected chi connectivity index (χ1v) is 5.15. The zero-order chi connectivity index (χ0) is 14.6. The molecule has 2 amide bonds. The van der Waals surface area contributed by atoms with Crippen molar-refractivity contribution in [3.8, 4) is 0 Å². The lowest BCUT2D eigenvalue weighted by Crippen LogP contribution is -2.28. The van der Waals surface area contributed by atoms with Crippen LogP contribution in [0.25, 0.3) is 0 Å². The van der Waals surface area contributed by atoms with Crippen LogP contribution in [0.2, 0.25) is 0 Å². The van der Waals surface area contributed by atoms with Crippen LogP contribution in [0, 0.1) is 5.82 Å². The summed E-state index contributed by atoms with van der Waals surface area (Å²) in [4.78, 5) is 21.9. The maximum atomic E-state index is 13.3. The monoisotopic (exact) mass is 278 g/mol. The number of amides is 2. The molecule has 4 nitrogen and oxygen atoms in total. The van der Waals surface area contributed by atoms with E-state index in [1.165, 1.54) is 0 Å². The Balaban J connectivity index is 2.87. The Hall–Kier alpha value is -2.12. The van der Waals surface area contributed by atoms with E-state index in [2.05, 4.69) is 5.32 Å². The molecule has 1 aromatic rings. The van der Waals surface area contributed by atoms with Gasteiger partial charge < -0.3 is 11.1 Å². The van der Waals surface area contributed by atoms with E-state index in [0.717, 1.165) is 0 Å². The molecule has 0 atom stereocenters. The number of hydrogen-bond acceptors (Lipinski definition) is 2. The molecule has 0 saturated heterocycles. The Morgan fingerprint density at radius 3 is 2.42 bits per heavy atom. The summed E-state index contributed by atoms with van der Waals surface area (Å²) in [6, 6.07) is 1.51. The number of primary amides is 1. The third-order valence-electron chi connectivity index (χ3n) is 2.20. The van der Waals surface area contributed by atoms with Crippen LogP contribution < -0.4 is 11.1 Å². The van der Waals surface area contributed by atoms with Gasteiger partial charge in [-0.15, -0.1) is 0 Å². The molecule has 0 aliphatic heterocycles. The number of carbonyl (C=O) groups excluding carboxylic acids is 2. The second kappa shape index (κ2) is 5.68. The first-order valence-electron chi connectivity index (χ1n) is 5.15. The molecule has 0 saturated carbocycles. The third kappa shape index (κ3) is 4.23. The predicted molar refractivity (Wildman–Crippen MR) is 57.5 cm³/mol. The van der Waals surface area contributed by atoms with Crippen molar-refractivity contribution < 1.29 is 27.2 Å². The number of benzene rings is 1. The fraction of sp³-hybridized carbons (Fsp3) is 0.273. The van der Waals surface area contributed by atoms with E-state index in [1.807, 2.05) is 0 Å². The van der Waals surface area contributed by atoms with Crippen LogP contribution >= 0.6 is 0 Å². The standard InChI is InChI=1S/C11H10F4N2O2/c12-8-2-1-6(11(13,14)15)5-7(8)10(19)17-4-3-9(16)18/h1-2,5H,3-4H2,(H2,16,18)(H,17,19). The van der Waals surface area contributed by atoms with Crippen LogP contribution in [0.15, 0.2) is 18.2 Å². The normalized spacial score (nSPS) is 11.2. The van der Waals surface area contributed by atoms with Crippen LogP contribution in [0.4, 0.5) is 17.6 Å². The summed E-state index contributed by atoms with van der Waals surface area (Å²) in [5, 5.41) is 2.10. The van der Waals surface area contributed by atoms with E-state index in [4.69, 9.17) is 5.73 Å². The van der Waals surface area contributed by atoms with E-state index in [9.17, 15) is 27.2 Å². The summed E-state index contributed by atoms with van der Waals surface area (Å²) in [6.07, 6.45) is -4.86. The summed E-state index contributed by atoms with van der Waals surface area (Å²) in [5.74, 6) is -2.81. The van der Waals surface area contributed by atoms with E-state index >= 15 is 0 Å². The van der Waals surface area contributed by atoms with Crippen molar-refractivity contribution in [2.75, 3.05) is 6.54 Å². The molecular weight excluding hydrogens is 268 g/mol. The van der Waals surface area contributed by atoms with Crippen molar-refractivity contribution in [1.29, 1.82) is 0 Å². The lowest BCUT2D eigenvalue weighted by Gasteiger charge is -2.09. The molecular formula is C11H10F4N2O2. The van der Waals surface area contributed by atoms with Gasteiger partial charge in [-0.2, -0.15) is 13.2 Å². The minimum atomic E-state index is -4.67. The molecule has 8 heteroatoms. The molecule has 1 rings (SSSR count). The molecule has 0 unspecified atom stereocenters. The zero-order valence-electron chi connectivity index (χ0n) is 9.55. The number of halogens is 4. The number of nitrogens with one attached hydrogen (secondary N) is 1. The van der Waals surface area contributed by atoms with Crippen molar-refractivity contribution in [2.24, 2.45) is 5.73 Å². The highest BCUT2D eigenvalue weighted by molar-refractivity contribution is 5.94. The Labute approximate surface area is 105 Å². The first kappa shape index (κ1) is 14.9. The lowest BCUT2D eigenvalue weighted by molar-refractivity contribution is -0.137. The highest BCUT2D eigenvalue weighted by atomic mass is 19.4. The van der Waals surface area contributed by atoms with Gasteiger partial charge in [0.25, 0.3) is 5.91 Å². The molecule has 0 radical (unpaired) electrons. The Kier molecular flexibility index (Phi) is 4.47. The molecule has 0 heterocycles. The summed E-state index contributed by atoms with van der Waals surface area (Å²) in [6.45, 7) is -0.177. The molecule has 0 fully saturated rings. The van der Waals surface area contributed by atoms with Gasteiger partial charge >= 0.3 is 6.18 Å². The zero-order valence-corrected chi connectivity index (χ0v) is 9.55. The fourth-order valence-corrected chi connectivity index (χ4v) is 1.27. The van der Waals surface area contributed by atoms with Crippen molar-refractivity contribution in [1.82, 2.24) is 5.32 Å². The van der Waals surface area contributed by atoms with Gasteiger partial charge in [-0.3, -0.25) is 9.59 Å². The molecule has 19 heavy (non-hydrogen) atoms. The summed E-state index contributed by atoms with van der Waals surface area (Å²) in [5.41, 5.74) is 2.95.